The van der Waals surface area contributed by atoms with E-state index in [1.54, 1.807) is 12.1 Å². The highest BCUT2D eigenvalue weighted by molar-refractivity contribution is 5.43. The molecule has 3 rings (SSSR count). The number of pyridine rings is 1. The average molecular weight is 284 g/mol. The summed E-state index contributed by atoms with van der Waals surface area (Å²) in [5.41, 5.74) is 2.00. The van der Waals surface area contributed by atoms with Gasteiger partial charge in [0.2, 0.25) is 0 Å². The first-order valence-corrected chi connectivity index (χ1v) is 7.20. The van der Waals surface area contributed by atoms with Crippen molar-refractivity contribution < 1.29 is 4.39 Å². The summed E-state index contributed by atoms with van der Waals surface area (Å²) in [4.78, 5) is 9.18. The third kappa shape index (κ3) is 3.58. The normalized spacial score (nSPS) is 16.2. The van der Waals surface area contributed by atoms with E-state index in [0.29, 0.717) is 0 Å². The van der Waals surface area contributed by atoms with E-state index in [1.807, 2.05) is 12.6 Å². The monoisotopic (exact) mass is 284 g/mol. The number of nitrogens with zero attached hydrogens (tertiary/aromatic N) is 3. The lowest BCUT2D eigenvalue weighted by molar-refractivity contribution is 0.312. The van der Waals surface area contributed by atoms with Gasteiger partial charge < -0.3 is 9.80 Å². The van der Waals surface area contributed by atoms with Gasteiger partial charge in [-0.15, -0.1) is 0 Å². The van der Waals surface area contributed by atoms with Gasteiger partial charge in [0.05, 0.1) is 0 Å². The second kappa shape index (κ2) is 6.22. The van der Waals surface area contributed by atoms with Crippen LogP contribution in [0, 0.1) is 12.2 Å². The van der Waals surface area contributed by atoms with Crippen LogP contribution in [-0.4, -0.2) is 43.1 Å². The molecule has 0 saturated carbocycles. The van der Waals surface area contributed by atoms with Gasteiger partial charge in [-0.05, 0) is 36.4 Å². The summed E-state index contributed by atoms with van der Waals surface area (Å²) in [7, 11) is 2.14. The van der Waals surface area contributed by atoms with Crippen molar-refractivity contribution in [2.24, 2.45) is 0 Å². The van der Waals surface area contributed by atoms with Gasteiger partial charge in [0, 0.05) is 38.8 Å². The number of aromatic nitrogens is 1. The number of likely N-dealkylation sites (N-methyl/N-ethyl adjacent to an activating group) is 1. The molecule has 3 nitrogen and oxygen atoms in total. The molecule has 0 aliphatic carbocycles. The summed E-state index contributed by atoms with van der Waals surface area (Å²) in [6.45, 7) is 4.19. The quantitative estimate of drug-likeness (QED) is 0.863. The fraction of sp³-hybridized carbons (Fsp3) is 0.294. The summed E-state index contributed by atoms with van der Waals surface area (Å²) in [5, 5.41) is 0. The molecule has 0 atom stereocenters. The number of hydrogen-bond acceptors (Lipinski definition) is 3. The van der Waals surface area contributed by atoms with Crippen LogP contribution in [0.25, 0.3) is 0 Å². The van der Waals surface area contributed by atoms with Crippen LogP contribution in [0.5, 0.6) is 0 Å². The summed E-state index contributed by atoms with van der Waals surface area (Å²) < 4.78 is 12.9. The second-order valence-corrected chi connectivity index (χ2v) is 5.44. The molecule has 0 amide bonds. The molecule has 0 unspecified atom stereocenters. The Balaban J connectivity index is 1.65. The molecule has 0 bridgehead atoms. The van der Waals surface area contributed by atoms with E-state index in [2.05, 4.69) is 34.0 Å². The molecular weight excluding hydrogens is 265 g/mol. The van der Waals surface area contributed by atoms with Gasteiger partial charge >= 0.3 is 0 Å². The van der Waals surface area contributed by atoms with Crippen molar-refractivity contribution >= 4 is 5.82 Å². The molecule has 1 fully saturated rings. The first-order chi connectivity index (χ1) is 10.2. The Morgan fingerprint density at radius 3 is 2.24 bits per heavy atom. The SMILES string of the molecule is CN1CCN(c2ccc([CH]c3ccc(F)cc3)cn2)CC1. The molecule has 1 saturated heterocycles. The third-order valence-corrected chi connectivity index (χ3v) is 3.80. The molecule has 1 aromatic heterocycles. The minimum atomic E-state index is -0.212. The van der Waals surface area contributed by atoms with Crippen LogP contribution in [0.15, 0.2) is 42.6 Å². The molecule has 0 spiro atoms. The maximum absolute atomic E-state index is 12.9. The first-order valence-electron chi connectivity index (χ1n) is 7.20. The van der Waals surface area contributed by atoms with E-state index in [1.165, 1.54) is 12.1 Å². The predicted octanol–water partition coefficient (Wildman–Crippen LogP) is 2.57. The number of hydrogen-bond donors (Lipinski definition) is 0. The first kappa shape index (κ1) is 14.0. The Morgan fingerprint density at radius 1 is 0.952 bits per heavy atom. The second-order valence-electron chi connectivity index (χ2n) is 5.44. The summed E-state index contributed by atoms with van der Waals surface area (Å²) >= 11 is 0. The lowest BCUT2D eigenvalue weighted by Crippen LogP contribution is -2.44. The van der Waals surface area contributed by atoms with Crippen molar-refractivity contribution in [2.45, 2.75) is 0 Å². The minimum Gasteiger partial charge on any atom is -0.354 e. The predicted molar refractivity (Wildman–Crippen MR) is 82.9 cm³/mol. The molecule has 0 N–H and O–H groups in total. The van der Waals surface area contributed by atoms with Crippen molar-refractivity contribution in [3.8, 4) is 0 Å². The van der Waals surface area contributed by atoms with Crippen LogP contribution in [0.3, 0.4) is 0 Å². The molecule has 1 radical (unpaired) electrons. The minimum absolute atomic E-state index is 0.212. The van der Waals surface area contributed by atoms with Gasteiger partial charge in [0.25, 0.3) is 0 Å². The molecule has 2 heterocycles. The Bertz CT molecular complexity index is 572. The van der Waals surface area contributed by atoms with Gasteiger partial charge in [-0.25, -0.2) is 9.37 Å². The van der Waals surface area contributed by atoms with Crippen molar-refractivity contribution in [2.75, 3.05) is 38.1 Å². The molecule has 1 aliphatic heterocycles. The van der Waals surface area contributed by atoms with E-state index in [9.17, 15) is 4.39 Å². The van der Waals surface area contributed by atoms with E-state index < -0.39 is 0 Å². The Hall–Kier alpha value is -1.94. The summed E-state index contributed by atoms with van der Waals surface area (Å²) in [5.74, 6) is 0.815. The molecule has 2 aromatic rings. The summed E-state index contributed by atoms with van der Waals surface area (Å²) in [6.07, 6.45) is 3.87. The Labute approximate surface area is 125 Å². The highest BCUT2D eigenvalue weighted by Crippen LogP contribution is 2.17. The molecule has 4 heteroatoms. The zero-order chi connectivity index (χ0) is 14.7. The largest absolute Gasteiger partial charge is 0.354 e. The van der Waals surface area contributed by atoms with Crippen LogP contribution in [0.2, 0.25) is 0 Å². The zero-order valence-electron chi connectivity index (χ0n) is 12.2. The van der Waals surface area contributed by atoms with Crippen LogP contribution in [0.1, 0.15) is 11.1 Å². The molecule has 21 heavy (non-hydrogen) atoms. The molecule has 1 aromatic carbocycles. The van der Waals surface area contributed by atoms with Crippen LogP contribution >= 0.6 is 0 Å². The van der Waals surface area contributed by atoms with E-state index in [4.69, 9.17) is 0 Å². The van der Waals surface area contributed by atoms with E-state index in [0.717, 1.165) is 43.1 Å². The van der Waals surface area contributed by atoms with Crippen molar-refractivity contribution in [3.63, 3.8) is 0 Å². The van der Waals surface area contributed by atoms with Gasteiger partial charge in [-0.3, -0.25) is 0 Å². The van der Waals surface area contributed by atoms with Gasteiger partial charge in [0.15, 0.2) is 0 Å². The fourth-order valence-corrected chi connectivity index (χ4v) is 2.46. The van der Waals surface area contributed by atoms with Crippen LogP contribution < -0.4 is 4.90 Å². The molecular formula is C17H19FN3. The topological polar surface area (TPSA) is 19.4 Å². The van der Waals surface area contributed by atoms with E-state index >= 15 is 0 Å². The number of benzene rings is 1. The van der Waals surface area contributed by atoms with Crippen LogP contribution in [-0.2, 0) is 0 Å². The number of anilines is 1. The van der Waals surface area contributed by atoms with Gasteiger partial charge in [0.1, 0.15) is 11.6 Å². The highest BCUT2D eigenvalue weighted by atomic mass is 19.1. The summed E-state index contributed by atoms with van der Waals surface area (Å²) in [6, 6.07) is 10.6. The van der Waals surface area contributed by atoms with Crippen molar-refractivity contribution in [1.82, 2.24) is 9.88 Å². The van der Waals surface area contributed by atoms with Gasteiger partial charge in [-0.2, -0.15) is 0 Å². The molecule has 1 aliphatic rings. The Morgan fingerprint density at radius 2 is 1.62 bits per heavy atom. The average Bonchev–Trinajstić information content (AvgIpc) is 2.51. The molecule has 109 valence electrons. The number of rotatable bonds is 3. The van der Waals surface area contributed by atoms with Crippen LogP contribution in [0.4, 0.5) is 10.2 Å². The third-order valence-electron chi connectivity index (χ3n) is 3.80. The van der Waals surface area contributed by atoms with Crippen molar-refractivity contribution in [3.05, 3.63) is 66.0 Å². The standard InChI is InChI=1S/C17H19FN3/c1-20-8-10-21(11-9-20)17-7-4-15(13-19-17)12-14-2-5-16(18)6-3-14/h2-7,12-13H,8-11H2,1H3. The Kier molecular flexibility index (Phi) is 4.15. The number of piperazine rings is 1. The maximum Gasteiger partial charge on any atom is 0.128 e. The fourth-order valence-electron chi connectivity index (χ4n) is 2.46. The highest BCUT2D eigenvalue weighted by Gasteiger charge is 2.14. The zero-order valence-corrected chi connectivity index (χ0v) is 12.2. The number of halogens is 1. The van der Waals surface area contributed by atoms with Gasteiger partial charge in [-0.1, -0.05) is 18.2 Å². The lowest BCUT2D eigenvalue weighted by atomic mass is 10.1. The van der Waals surface area contributed by atoms with E-state index in [-0.39, 0.29) is 5.82 Å². The maximum atomic E-state index is 12.9. The smallest absolute Gasteiger partial charge is 0.128 e. The lowest BCUT2D eigenvalue weighted by Gasteiger charge is -2.33. The van der Waals surface area contributed by atoms with Crippen molar-refractivity contribution in [1.29, 1.82) is 0 Å².